The fourth-order valence-corrected chi connectivity index (χ4v) is 2.82. The van der Waals surface area contributed by atoms with Crippen molar-refractivity contribution in [1.82, 2.24) is 9.97 Å². The number of hydrogen-bond acceptors (Lipinski definition) is 6. The molecule has 0 radical (unpaired) electrons. The van der Waals surface area contributed by atoms with E-state index < -0.39 is 0 Å². The van der Waals surface area contributed by atoms with Crippen LogP contribution in [-0.2, 0) is 13.0 Å². The lowest BCUT2D eigenvalue weighted by Gasteiger charge is -2.11. The zero-order valence-electron chi connectivity index (χ0n) is 15.6. The molecule has 0 bridgehead atoms. The molecule has 140 valence electrons. The average Bonchev–Trinajstić information content (AvgIpc) is 2.73. The van der Waals surface area contributed by atoms with Crippen molar-refractivity contribution < 1.29 is 9.47 Å². The van der Waals surface area contributed by atoms with Gasteiger partial charge in [-0.3, -0.25) is 0 Å². The Kier molecular flexibility index (Phi) is 6.46. The lowest BCUT2D eigenvalue weighted by atomic mass is 10.1. The average molecular weight is 364 g/mol. The quantitative estimate of drug-likeness (QED) is 0.603. The van der Waals surface area contributed by atoms with Crippen LogP contribution in [-0.4, -0.2) is 30.7 Å². The number of nitrogens with zero attached hydrogens (tertiary/aromatic N) is 2. The molecule has 3 aromatic rings. The van der Waals surface area contributed by atoms with Crippen molar-refractivity contribution in [3.05, 3.63) is 72.1 Å². The topological polar surface area (TPSA) is 68.3 Å². The number of para-hydroxylation sites is 2. The van der Waals surface area contributed by atoms with Gasteiger partial charge in [-0.1, -0.05) is 36.4 Å². The van der Waals surface area contributed by atoms with Crippen molar-refractivity contribution >= 4 is 11.6 Å². The molecule has 0 aliphatic rings. The molecule has 2 aromatic carbocycles. The van der Waals surface area contributed by atoms with E-state index in [0.717, 1.165) is 47.2 Å². The maximum absolute atomic E-state index is 5.39. The fourth-order valence-electron chi connectivity index (χ4n) is 2.82. The predicted molar refractivity (Wildman–Crippen MR) is 108 cm³/mol. The van der Waals surface area contributed by atoms with Gasteiger partial charge in [-0.25, -0.2) is 9.97 Å². The smallest absolute Gasteiger partial charge is 0.131 e. The van der Waals surface area contributed by atoms with E-state index in [0.29, 0.717) is 6.54 Å². The van der Waals surface area contributed by atoms with E-state index in [2.05, 4.69) is 26.7 Å². The minimum absolute atomic E-state index is 0.627. The van der Waals surface area contributed by atoms with E-state index in [4.69, 9.17) is 9.47 Å². The third-order valence-electron chi connectivity index (χ3n) is 4.21. The van der Waals surface area contributed by atoms with Crippen LogP contribution in [0.25, 0.3) is 0 Å². The van der Waals surface area contributed by atoms with Gasteiger partial charge in [0, 0.05) is 24.7 Å². The molecule has 27 heavy (non-hydrogen) atoms. The molecule has 0 aliphatic heterocycles. The highest BCUT2D eigenvalue weighted by molar-refractivity contribution is 5.48. The number of rotatable bonds is 9. The van der Waals surface area contributed by atoms with Crippen LogP contribution in [0, 0.1) is 0 Å². The zero-order chi connectivity index (χ0) is 18.9. The van der Waals surface area contributed by atoms with Gasteiger partial charge in [-0.15, -0.1) is 0 Å². The highest BCUT2D eigenvalue weighted by atomic mass is 16.5. The molecule has 0 saturated heterocycles. The zero-order valence-corrected chi connectivity index (χ0v) is 15.6. The molecule has 0 aliphatic carbocycles. The SMILES string of the molecule is COc1ccccc1CCNc1cc(NCc2ccccc2OC)ncn1. The Morgan fingerprint density at radius 3 is 2.07 bits per heavy atom. The number of benzene rings is 2. The number of anilines is 2. The maximum Gasteiger partial charge on any atom is 0.131 e. The van der Waals surface area contributed by atoms with E-state index in [1.807, 2.05) is 48.5 Å². The minimum atomic E-state index is 0.627. The summed E-state index contributed by atoms with van der Waals surface area (Å²) in [7, 11) is 3.36. The van der Waals surface area contributed by atoms with Crippen LogP contribution in [0.3, 0.4) is 0 Å². The highest BCUT2D eigenvalue weighted by Crippen LogP contribution is 2.20. The molecule has 1 heterocycles. The standard InChI is InChI=1S/C21H24N4O2/c1-26-18-9-5-3-7-16(18)11-12-22-20-13-21(25-15-24-20)23-14-17-8-4-6-10-19(17)27-2/h3-10,13,15H,11-12,14H2,1-2H3,(H2,22,23,24,25). The van der Waals surface area contributed by atoms with Crippen molar-refractivity contribution in [3.8, 4) is 11.5 Å². The normalized spacial score (nSPS) is 10.3. The van der Waals surface area contributed by atoms with Gasteiger partial charge in [0.15, 0.2) is 0 Å². The van der Waals surface area contributed by atoms with Gasteiger partial charge < -0.3 is 20.1 Å². The summed E-state index contributed by atoms with van der Waals surface area (Å²) >= 11 is 0. The molecule has 3 rings (SSSR count). The van der Waals surface area contributed by atoms with E-state index in [-0.39, 0.29) is 0 Å². The van der Waals surface area contributed by atoms with Crippen LogP contribution < -0.4 is 20.1 Å². The van der Waals surface area contributed by atoms with Gasteiger partial charge in [0.1, 0.15) is 29.5 Å². The van der Waals surface area contributed by atoms with E-state index >= 15 is 0 Å². The van der Waals surface area contributed by atoms with Crippen LogP contribution in [0.2, 0.25) is 0 Å². The Morgan fingerprint density at radius 2 is 1.37 bits per heavy atom. The van der Waals surface area contributed by atoms with Gasteiger partial charge >= 0.3 is 0 Å². The molecule has 0 atom stereocenters. The Morgan fingerprint density at radius 1 is 0.778 bits per heavy atom. The van der Waals surface area contributed by atoms with Crippen LogP contribution in [0.5, 0.6) is 11.5 Å². The largest absolute Gasteiger partial charge is 0.496 e. The molecular weight excluding hydrogens is 340 g/mol. The molecule has 6 nitrogen and oxygen atoms in total. The highest BCUT2D eigenvalue weighted by Gasteiger charge is 2.04. The second-order valence-corrected chi connectivity index (χ2v) is 5.94. The molecule has 0 unspecified atom stereocenters. The number of aromatic nitrogens is 2. The summed E-state index contributed by atoms with van der Waals surface area (Å²) in [5, 5.41) is 6.65. The van der Waals surface area contributed by atoms with Gasteiger partial charge in [0.05, 0.1) is 14.2 Å². The first-order valence-corrected chi connectivity index (χ1v) is 8.83. The summed E-state index contributed by atoms with van der Waals surface area (Å²) < 4.78 is 10.8. The van der Waals surface area contributed by atoms with E-state index in [9.17, 15) is 0 Å². The van der Waals surface area contributed by atoms with Gasteiger partial charge in [-0.2, -0.15) is 0 Å². The molecule has 6 heteroatoms. The molecule has 0 fully saturated rings. The van der Waals surface area contributed by atoms with Gasteiger partial charge in [0.25, 0.3) is 0 Å². The Balaban J connectivity index is 1.56. The Bertz CT molecular complexity index is 870. The first-order valence-electron chi connectivity index (χ1n) is 8.83. The Hall–Kier alpha value is -3.28. The second kappa shape index (κ2) is 9.43. The molecule has 1 aromatic heterocycles. The summed E-state index contributed by atoms with van der Waals surface area (Å²) in [5.74, 6) is 3.30. The fraction of sp³-hybridized carbons (Fsp3) is 0.238. The van der Waals surface area contributed by atoms with Gasteiger partial charge in [-0.05, 0) is 24.1 Å². The van der Waals surface area contributed by atoms with Crippen LogP contribution >= 0.6 is 0 Å². The summed E-state index contributed by atoms with van der Waals surface area (Å²) in [5.41, 5.74) is 2.24. The maximum atomic E-state index is 5.39. The van der Waals surface area contributed by atoms with Crippen LogP contribution in [0.1, 0.15) is 11.1 Å². The molecule has 2 N–H and O–H groups in total. The first kappa shape index (κ1) is 18.5. The Labute approximate surface area is 159 Å². The summed E-state index contributed by atoms with van der Waals surface area (Å²) in [6.07, 6.45) is 2.40. The molecule has 0 amide bonds. The number of ether oxygens (including phenoxy) is 2. The monoisotopic (exact) mass is 364 g/mol. The third kappa shape index (κ3) is 5.10. The summed E-state index contributed by atoms with van der Waals surface area (Å²) in [4.78, 5) is 8.56. The first-order chi connectivity index (χ1) is 13.3. The van der Waals surface area contributed by atoms with Crippen LogP contribution in [0.15, 0.2) is 60.9 Å². The van der Waals surface area contributed by atoms with Crippen molar-refractivity contribution in [2.24, 2.45) is 0 Å². The van der Waals surface area contributed by atoms with Crippen molar-refractivity contribution in [3.63, 3.8) is 0 Å². The molecule has 0 saturated carbocycles. The van der Waals surface area contributed by atoms with Crippen molar-refractivity contribution in [2.75, 3.05) is 31.4 Å². The van der Waals surface area contributed by atoms with E-state index in [1.165, 1.54) is 0 Å². The third-order valence-corrected chi connectivity index (χ3v) is 4.21. The van der Waals surface area contributed by atoms with Crippen molar-refractivity contribution in [1.29, 1.82) is 0 Å². The van der Waals surface area contributed by atoms with Crippen LogP contribution in [0.4, 0.5) is 11.6 Å². The summed E-state index contributed by atoms with van der Waals surface area (Å²) in [6.45, 7) is 1.38. The lowest BCUT2D eigenvalue weighted by molar-refractivity contribution is 0.410. The number of methoxy groups -OCH3 is 2. The van der Waals surface area contributed by atoms with Crippen molar-refractivity contribution in [2.45, 2.75) is 13.0 Å². The number of nitrogens with one attached hydrogen (secondary N) is 2. The molecular formula is C21H24N4O2. The lowest BCUT2D eigenvalue weighted by Crippen LogP contribution is -2.09. The second-order valence-electron chi connectivity index (χ2n) is 5.94. The summed E-state index contributed by atoms with van der Waals surface area (Å²) in [6, 6.07) is 17.9. The molecule has 0 spiro atoms. The predicted octanol–water partition coefficient (Wildman–Crippen LogP) is 3.76. The van der Waals surface area contributed by atoms with Gasteiger partial charge in [0.2, 0.25) is 0 Å². The van der Waals surface area contributed by atoms with E-state index in [1.54, 1.807) is 20.5 Å². The number of hydrogen-bond donors (Lipinski definition) is 2. The minimum Gasteiger partial charge on any atom is -0.496 e.